The van der Waals surface area contributed by atoms with Crippen LogP contribution >= 0.6 is 23.4 Å². The predicted molar refractivity (Wildman–Crippen MR) is 144 cm³/mol. The van der Waals surface area contributed by atoms with Gasteiger partial charge in [-0.2, -0.15) is 0 Å². The Kier molecular flexibility index (Phi) is 9.09. The number of likely N-dealkylation sites (tertiary alicyclic amines) is 1. The third kappa shape index (κ3) is 6.31. The fourth-order valence-corrected chi connectivity index (χ4v) is 6.06. The van der Waals surface area contributed by atoms with Gasteiger partial charge >= 0.3 is 5.97 Å². The zero-order valence-corrected chi connectivity index (χ0v) is 22.0. The fraction of sp³-hybridized carbons (Fsp3) is 0.429. The van der Waals surface area contributed by atoms with Crippen LogP contribution < -0.4 is 4.74 Å². The van der Waals surface area contributed by atoms with Crippen molar-refractivity contribution in [1.82, 2.24) is 9.88 Å². The highest BCUT2D eigenvalue weighted by atomic mass is 35.5. The minimum Gasteiger partial charge on any atom is -0.497 e. The van der Waals surface area contributed by atoms with Crippen LogP contribution in [0.15, 0.2) is 59.6 Å². The second-order valence-corrected chi connectivity index (χ2v) is 10.9. The number of carboxylic acid groups (broad SMARTS) is 1. The molecule has 5 nitrogen and oxygen atoms in total. The Bertz CT molecular complexity index is 1170. The second kappa shape index (κ2) is 12.3. The number of carboxylic acids is 1. The van der Waals surface area contributed by atoms with Gasteiger partial charge in [-0.25, -0.2) is 4.39 Å². The van der Waals surface area contributed by atoms with E-state index in [2.05, 4.69) is 22.0 Å². The van der Waals surface area contributed by atoms with E-state index in [9.17, 15) is 9.90 Å². The van der Waals surface area contributed by atoms with Crippen molar-refractivity contribution in [3.63, 3.8) is 0 Å². The zero-order chi connectivity index (χ0) is 25.5. The Morgan fingerprint density at radius 3 is 2.69 bits per heavy atom. The van der Waals surface area contributed by atoms with Crippen LogP contribution in [-0.2, 0) is 4.79 Å². The van der Waals surface area contributed by atoms with Gasteiger partial charge in [0.15, 0.2) is 0 Å². The van der Waals surface area contributed by atoms with Crippen molar-refractivity contribution in [1.29, 1.82) is 0 Å². The molecule has 4 rings (SSSR count). The first-order valence-corrected chi connectivity index (χ1v) is 13.7. The van der Waals surface area contributed by atoms with E-state index < -0.39 is 17.6 Å². The lowest BCUT2D eigenvalue weighted by molar-refractivity contribution is -0.153. The molecule has 0 spiro atoms. The molecule has 1 aliphatic rings. The first kappa shape index (κ1) is 26.7. The first-order valence-electron chi connectivity index (χ1n) is 12.3. The Morgan fingerprint density at radius 1 is 1.25 bits per heavy atom. The van der Waals surface area contributed by atoms with Gasteiger partial charge in [0.25, 0.3) is 0 Å². The van der Waals surface area contributed by atoms with Crippen molar-refractivity contribution in [3.05, 3.63) is 65.3 Å². The topological polar surface area (TPSA) is 62.7 Å². The zero-order valence-electron chi connectivity index (χ0n) is 20.5. The number of pyridine rings is 1. The van der Waals surface area contributed by atoms with Crippen LogP contribution in [0, 0.1) is 5.41 Å². The van der Waals surface area contributed by atoms with Gasteiger partial charge in [0.1, 0.15) is 11.9 Å². The average molecular weight is 531 g/mol. The Morgan fingerprint density at radius 2 is 2.00 bits per heavy atom. The lowest BCUT2D eigenvalue weighted by Gasteiger charge is -2.39. The Hall–Kier alpha value is -2.35. The van der Waals surface area contributed by atoms with Crippen molar-refractivity contribution in [2.75, 3.05) is 32.5 Å². The maximum absolute atomic E-state index is 15.6. The van der Waals surface area contributed by atoms with Gasteiger partial charge in [-0.3, -0.25) is 9.78 Å². The fourth-order valence-electron chi connectivity index (χ4n) is 4.93. The Balaban J connectivity index is 1.34. The number of thioether (sulfide) groups is 1. The van der Waals surface area contributed by atoms with Crippen LogP contribution in [0.25, 0.3) is 10.9 Å². The monoisotopic (exact) mass is 530 g/mol. The van der Waals surface area contributed by atoms with Gasteiger partial charge in [-0.05, 0) is 87.8 Å². The van der Waals surface area contributed by atoms with E-state index in [1.165, 1.54) is 11.1 Å². The summed E-state index contributed by atoms with van der Waals surface area (Å²) in [5.74, 6) is 0.789. The van der Waals surface area contributed by atoms with Gasteiger partial charge in [-0.1, -0.05) is 29.8 Å². The molecule has 0 amide bonds. The number of carbonyl (C=O) groups is 1. The van der Waals surface area contributed by atoms with E-state index in [1.807, 2.05) is 30.0 Å². The summed E-state index contributed by atoms with van der Waals surface area (Å²) in [5.41, 5.74) is 0.0751. The van der Waals surface area contributed by atoms with E-state index in [4.69, 9.17) is 16.3 Å². The highest BCUT2D eigenvalue weighted by molar-refractivity contribution is 7.99. The minimum absolute atomic E-state index is 0.0933. The number of ether oxygens (including phenoxy) is 1. The number of halogens is 2. The summed E-state index contributed by atoms with van der Waals surface area (Å²) in [6.07, 6.45) is 2.53. The summed E-state index contributed by atoms with van der Waals surface area (Å²) in [6.45, 7) is 2.38. The van der Waals surface area contributed by atoms with Gasteiger partial charge < -0.3 is 14.7 Å². The van der Waals surface area contributed by atoms with E-state index in [-0.39, 0.29) is 17.9 Å². The number of hydrogen-bond acceptors (Lipinski definition) is 5. The molecule has 3 aromatic rings. The molecule has 1 aromatic heterocycles. The number of piperidine rings is 1. The molecule has 1 fully saturated rings. The first-order chi connectivity index (χ1) is 17.4. The van der Waals surface area contributed by atoms with E-state index in [0.717, 1.165) is 31.8 Å². The van der Waals surface area contributed by atoms with Crippen LogP contribution in [0.2, 0.25) is 5.02 Å². The van der Waals surface area contributed by atoms with Crippen molar-refractivity contribution in [2.45, 2.75) is 43.2 Å². The number of methoxy groups -OCH3 is 1. The summed E-state index contributed by atoms with van der Waals surface area (Å²) in [5, 5.41) is 10.9. The molecule has 2 aromatic carbocycles. The highest BCUT2D eigenvalue weighted by Gasteiger charge is 2.41. The minimum atomic E-state index is -1.39. The number of fused-ring (bicyclic) bond motifs is 1. The molecular formula is C28H32ClFN2O3S. The number of aliphatic carboxylic acids is 1. The second-order valence-electron chi connectivity index (χ2n) is 9.35. The lowest BCUT2D eigenvalue weighted by atomic mass is 9.74. The van der Waals surface area contributed by atoms with Crippen molar-refractivity contribution in [3.8, 4) is 5.75 Å². The van der Waals surface area contributed by atoms with E-state index in [0.29, 0.717) is 35.1 Å². The van der Waals surface area contributed by atoms with Crippen molar-refractivity contribution < 1.29 is 19.0 Å². The molecule has 0 radical (unpaired) electrons. The van der Waals surface area contributed by atoms with E-state index in [1.54, 1.807) is 25.3 Å². The standard InChI is InChI=1S/C28H32ClFN2O3S/c1-35-20-8-9-25-22(18-20)26(23(29)19-31-25)24(30)10-11-28(27(33)34)12-15-32(16-13-28)14-5-17-36-21-6-3-2-4-7-21/h2-4,6-9,18-19,24H,5,10-17H2,1H3,(H,33,34)/t24-/m0/s1. The van der Waals surface area contributed by atoms with Crippen LogP contribution in [0.1, 0.15) is 43.8 Å². The largest absolute Gasteiger partial charge is 0.497 e. The molecule has 1 N–H and O–H groups in total. The molecule has 0 bridgehead atoms. The molecular weight excluding hydrogens is 499 g/mol. The van der Waals surface area contributed by atoms with Gasteiger partial charge in [0.2, 0.25) is 0 Å². The molecule has 1 atom stereocenters. The van der Waals surface area contributed by atoms with E-state index >= 15 is 4.39 Å². The quantitative estimate of drug-likeness (QED) is 0.212. The molecule has 1 aliphatic heterocycles. The summed E-state index contributed by atoms with van der Waals surface area (Å²) < 4.78 is 20.9. The molecule has 1 saturated heterocycles. The highest BCUT2D eigenvalue weighted by Crippen LogP contribution is 2.42. The average Bonchev–Trinajstić information content (AvgIpc) is 2.90. The SMILES string of the molecule is COc1ccc2ncc(Cl)c([C@@H](F)CCC3(C(=O)O)CCN(CCCSc4ccccc4)CC3)c2c1. The maximum atomic E-state index is 15.6. The summed E-state index contributed by atoms with van der Waals surface area (Å²) in [7, 11) is 1.55. The summed E-state index contributed by atoms with van der Waals surface area (Å²) in [6, 6.07) is 15.6. The number of alkyl halides is 1. The lowest BCUT2D eigenvalue weighted by Crippen LogP contribution is -2.44. The third-order valence-corrected chi connectivity index (χ3v) is 8.55. The molecule has 0 aliphatic carbocycles. The number of nitrogens with zero attached hydrogens (tertiary/aromatic N) is 2. The van der Waals surface area contributed by atoms with Crippen LogP contribution in [0.3, 0.4) is 0 Å². The molecule has 0 unspecified atom stereocenters. The predicted octanol–water partition coefficient (Wildman–Crippen LogP) is 7.04. The molecule has 2 heterocycles. The Labute approximate surface area is 221 Å². The van der Waals surface area contributed by atoms with Crippen molar-refractivity contribution >= 4 is 40.2 Å². The van der Waals surface area contributed by atoms with Crippen LogP contribution in [0.4, 0.5) is 4.39 Å². The number of benzene rings is 2. The van der Waals surface area contributed by atoms with Crippen LogP contribution in [0.5, 0.6) is 5.75 Å². The molecule has 36 heavy (non-hydrogen) atoms. The van der Waals surface area contributed by atoms with Gasteiger partial charge in [0, 0.05) is 22.0 Å². The van der Waals surface area contributed by atoms with Gasteiger partial charge in [0.05, 0.1) is 23.1 Å². The molecule has 8 heteroatoms. The number of rotatable bonds is 11. The molecule has 192 valence electrons. The summed E-state index contributed by atoms with van der Waals surface area (Å²) in [4.78, 5) is 20.2. The maximum Gasteiger partial charge on any atom is 0.309 e. The van der Waals surface area contributed by atoms with Crippen molar-refractivity contribution in [2.24, 2.45) is 5.41 Å². The number of aromatic nitrogens is 1. The summed E-state index contributed by atoms with van der Waals surface area (Å²) >= 11 is 8.20. The normalized spacial score (nSPS) is 16.6. The van der Waals surface area contributed by atoms with Gasteiger partial charge in [-0.15, -0.1) is 11.8 Å². The molecule has 0 saturated carbocycles. The number of hydrogen-bond donors (Lipinski definition) is 1. The smallest absolute Gasteiger partial charge is 0.309 e. The van der Waals surface area contributed by atoms with Crippen LogP contribution in [-0.4, -0.2) is 53.5 Å². The third-order valence-electron chi connectivity index (χ3n) is 7.16.